The van der Waals surface area contributed by atoms with Gasteiger partial charge in [-0.05, 0) is 37.1 Å². The van der Waals surface area contributed by atoms with E-state index in [-0.39, 0.29) is 11.7 Å². The molecule has 0 unspecified atom stereocenters. The first-order valence-electron chi connectivity index (χ1n) is 7.05. The van der Waals surface area contributed by atoms with E-state index in [0.29, 0.717) is 10.9 Å². The maximum atomic E-state index is 12.6. The number of aromatic nitrogens is 2. The van der Waals surface area contributed by atoms with Crippen LogP contribution in [0.4, 0.5) is 0 Å². The van der Waals surface area contributed by atoms with Crippen molar-refractivity contribution < 1.29 is 4.74 Å². The van der Waals surface area contributed by atoms with E-state index in [1.54, 1.807) is 17.0 Å². The van der Waals surface area contributed by atoms with Crippen molar-refractivity contribution >= 4 is 10.9 Å². The molecule has 0 bridgehead atoms. The third-order valence-electron chi connectivity index (χ3n) is 3.61. The fraction of sp³-hybridized carbons (Fsp3) is 0.176. The number of nitrogens with zero attached hydrogens (tertiary/aromatic N) is 2. The predicted molar refractivity (Wildman–Crippen MR) is 81.0 cm³/mol. The zero-order chi connectivity index (χ0) is 14.2. The molecule has 0 N–H and O–H groups in total. The predicted octanol–water partition coefficient (Wildman–Crippen LogP) is 2.93. The monoisotopic (exact) mass is 278 g/mol. The van der Waals surface area contributed by atoms with E-state index >= 15 is 0 Å². The van der Waals surface area contributed by atoms with Gasteiger partial charge in [-0.15, -0.1) is 0 Å². The van der Waals surface area contributed by atoms with Crippen LogP contribution in [0.2, 0.25) is 0 Å². The molecule has 1 aromatic heterocycles. The Bertz CT molecular complexity index is 866. The number of para-hydroxylation sites is 3. The highest BCUT2D eigenvalue weighted by Crippen LogP contribution is 2.30. The van der Waals surface area contributed by atoms with Gasteiger partial charge in [-0.2, -0.15) is 0 Å². The van der Waals surface area contributed by atoms with Crippen LogP contribution in [0.3, 0.4) is 0 Å². The van der Waals surface area contributed by atoms with Gasteiger partial charge in [-0.1, -0.05) is 24.3 Å². The summed E-state index contributed by atoms with van der Waals surface area (Å²) >= 11 is 0. The third-order valence-corrected chi connectivity index (χ3v) is 3.61. The molecule has 1 fully saturated rings. The standard InChI is InChI=1S/C17H14N2O2/c20-17-13-5-1-2-6-14(13)18-11-19(17)15-7-3-4-8-16(15)21-12-9-10-12/h1-8,11-12H,9-10H2. The van der Waals surface area contributed by atoms with Gasteiger partial charge in [0.05, 0.1) is 22.7 Å². The zero-order valence-corrected chi connectivity index (χ0v) is 11.4. The first-order valence-corrected chi connectivity index (χ1v) is 7.05. The van der Waals surface area contributed by atoms with Crippen LogP contribution in [-0.2, 0) is 0 Å². The zero-order valence-electron chi connectivity index (χ0n) is 11.4. The van der Waals surface area contributed by atoms with E-state index in [1.807, 2.05) is 42.5 Å². The summed E-state index contributed by atoms with van der Waals surface area (Å²) < 4.78 is 7.45. The van der Waals surface area contributed by atoms with Gasteiger partial charge < -0.3 is 4.74 Å². The summed E-state index contributed by atoms with van der Waals surface area (Å²) in [5, 5.41) is 0.612. The molecule has 4 rings (SSSR count). The van der Waals surface area contributed by atoms with Crippen molar-refractivity contribution in [1.29, 1.82) is 0 Å². The Morgan fingerprint density at radius 1 is 1.05 bits per heavy atom. The number of hydrogen-bond donors (Lipinski definition) is 0. The van der Waals surface area contributed by atoms with Gasteiger partial charge in [-0.3, -0.25) is 9.36 Å². The van der Waals surface area contributed by atoms with Gasteiger partial charge in [0.1, 0.15) is 12.1 Å². The van der Waals surface area contributed by atoms with Crippen molar-refractivity contribution in [2.24, 2.45) is 0 Å². The summed E-state index contributed by atoms with van der Waals surface area (Å²) in [5.41, 5.74) is 1.37. The number of ether oxygens (including phenoxy) is 1. The molecule has 4 heteroatoms. The molecule has 4 nitrogen and oxygen atoms in total. The van der Waals surface area contributed by atoms with Crippen molar-refractivity contribution in [1.82, 2.24) is 9.55 Å². The lowest BCUT2D eigenvalue weighted by Crippen LogP contribution is -2.19. The van der Waals surface area contributed by atoms with Gasteiger partial charge in [0.25, 0.3) is 5.56 Å². The Kier molecular flexibility index (Phi) is 2.74. The fourth-order valence-electron chi connectivity index (χ4n) is 2.36. The van der Waals surface area contributed by atoms with Gasteiger partial charge in [-0.25, -0.2) is 4.98 Å². The number of rotatable bonds is 3. The van der Waals surface area contributed by atoms with Gasteiger partial charge in [0.15, 0.2) is 0 Å². The summed E-state index contributed by atoms with van der Waals surface area (Å²) in [7, 11) is 0. The molecule has 104 valence electrons. The van der Waals surface area contributed by atoms with Crippen LogP contribution < -0.4 is 10.3 Å². The smallest absolute Gasteiger partial charge is 0.265 e. The Hall–Kier alpha value is -2.62. The fourth-order valence-corrected chi connectivity index (χ4v) is 2.36. The average molecular weight is 278 g/mol. The van der Waals surface area contributed by atoms with Gasteiger partial charge in [0, 0.05) is 0 Å². The molecule has 1 aliphatic rings. The second kappa shape index (κ2) is 4.74. The normalized spacial score (nSPS) is 14.3. The van der Waals surface area contributed by atoms with Crippen molar-refractivity contribution in [2.45, 2.75) is 18.9 Å². The van der Waals surface area contributed by atoms with E-state index in [2.05, 4.69) is 4.98 Å². The Labute approximate surface area is 121 Å². The molecule has 0 saturated heterocycles. The molecule has 3 aromatic rings. The SMILES string of the molecule is O=c1c2ccccc2ncn1-c1ccccc1OC1CC1. The molecule has 1 saturated carbocycles. The maximum absolute atomic E-state index is 12.6. The van der Waals surface area contributed by atoms with Crippen LogP contribution >= 0.6 is 0 Å². The minimum Gasteiger partial charge on any atom is -0.488 e. The molecular formula is C17H14N2O2. The molecule has 1 aliphatic carbocycles. The molecule has 21 heavy (non-hydrogen) atoms. The molecular weight excluding hydrogens is 264 g/mol. The summed E-state index contributed by atoms with van der Waals surface area (Å²) in [6, 6.07) is 15.0. The van der Waals surface area contributed by atoms with E-state index in [4.69, 9.17) is 4.74 Å². The molecule has 0 amide bonds. The molecule has 0 radical (unpaired) electrons. The highest BCUT2D eigenvalue weighted by molar-refractivity contribution is 5.77. The molecule has 0 atom stereocenters. The average Bonchev–Trinajstić information content (AvgIpc) is 3.33. The highest BCUT2D eigenvalue weighted by Gasteiger charge is 2.24. The lowest BCUT2D eigenvalue weighted by atomic mass is 10.2. The van der Waals surface area contributed by atoms with E-state index in [1.165, 1.54) is 0 Å². The number of benzene rings is 2. The van der Waals surface area contributed by atoms with Crippen LogP contribution in [0, 0.1) is 0 Å². The molecule has 0 aliphatic heterocycles. The Morgan fingerprint density at radius 3 is 2.67 bits per heavy atom. The quantitative estimate of drug-likeness (QED) is 0.740. The lowest BCUT2D eigenvalue weighted by Gasteiger charge is -2.12. The van der Waals surface area contributed by atoms with Crippen LogP contribution in [0.5, 0.6) is 5.75 Å². The third kappa shape index (κ3) is 2.18. The largest absolute Gasteiger partial charge is 0.488 e. The van der Waals surface area contributed by atoms with Crippen LogP contribution in [0.1, 0.15) is 12.8 Å². The van der Waals surface area contributed by atoms with E-state index < -0.39 is 0 Å². The number of fused-ring (bicyclic) bond motifs is 1. The molecule has 2 aromatic carbocycles. The topological polar surface area (TPSA) is 44.1 Å². The summed E-state index contributed by atoms with van der Waals surface area (Å²) in [6.07, 6.45) is 4.02. The van der Waals surface area contributed by atoms with Crippen LogP contribution in [0.15, 0.2) is 59.7 Å². The Balaban J connectivity index is 1.90. The highest BCUT2D eigenvalue weighted by atomic mass is 16.5. The van der Waals surface area contributed by atoms with Crippen molar-refractivity contribution in [3.63, 3.8) is 0 Å². The van der Waals surface area contributed by atoms with Crippen LogP contribution in [0.25, 0.3) is 16.6 Å². The second-order valence-electron chi connectivity index (χ2n) is 5.22. The summed E-state index contributed by atoms with van der Waals surface area (Å²) in [5.74, 6) is 0.735. The van der Waals surface area contributed by atoms with E-state index in [9.17, 15) is 4.79 Å². The summed E-state index contributed by atoms with van der Waals surface area (Å²) in [4.78, 5) is 17.0. The van der Waals surface area contributed by atoms with Crippen molar-refractivity contribution in [2.75, 3.05) is 0 Å². The van der Waals surface area contributed by atoms with Crippen LogP contribution in [-0.4, -0.2) is 15.7 Å². The first-order chi connectivity index (χ1) is 10.3. The number of hydrogen-bond acceptors (Lipinski definition) is 3. The minimum absolute atomic E-state index is 0.0764. The second-order valence-corrected chi connectivity index (χ2v) is 5.22. The van der Waals surface area contributed by atoms with Crippen molar-refractivity contribution in [3.05, 3.63) is 65.2 Å². The van der Waals surface area contributed by atoms with E-state index in [0.717, 1.165) is 24.3 Å². The Morgan fingerprint density at radius 2 is 1.81 bits per heavy atom. The molecule has 0 spiro atoms. The first kappa shape index (κ1) is 12.1. The van der Waals surface area contributed by atoms with Crippen molar-refractivity contribution in [3.8, 4) is 11.4 Å². The minimum atomic E-state index is -0.0764. The summed E-state index contributed by atoms with van der Waals surface area (Å²) in [6.45, 7) is 0. The van der Waals surface area contributed by atoms with Gasteiger partial charge in [0.2, 0.25) is 0 Å². The lowest BCUT2D eigenvalue weighted by molar-refractivity contribution is 0.302. The maximum Gasteiger partial charge on any atom is 0.265 e. The molecule has 1 heterocycles. The van der Waals surface area contributed by atoms with Gasteiger partial charge >= 0.3 is 0 Å².